The molecule has 0 saturated heterocycles. The summed E-state index contributed by atoms with van der Waals surface area (Å²) in [4.78, 5) is 16.1. The van der Waals surface area contributed by atoms with Gasteiger partial charge in [-0.2, -0.15) is 9.97 Å². The van der Waals surface area contributed by atoms with Crippen molar-refractivity contribution in [1.29, 1.82) is 0 Å². The third kappa shape index (κ3) is 6.99. The third-order valence-corrected chi connectivity index (χ3v) is 14.9. The maximum absolute atomic E-state index is 5.47. The zero-order valence-corrected chi connectivity index (χ0v) is 40.6. The van der Waals surface area contributed by atoms with Crippen molar-refractivity contribution in [3.8, 4) is 73.5 Å². The second-order valence-corrected chi connectivity index (χ2v) is 19.2. The molecule has 75 heavy (non-hydrogen) atoms. The molecule has 0 N–H and O–H groups in total. The molecule has 0 radical (unpaired) electrons. The molecule has 0 fully saturated rings. The van der Waals surface area contributed by atoms with E-state index in [2.05, 4.69) is 262 Å². The van der Waals surface area contributed by atoms with E-state index < -0.39 is 0 Å². The highest BCUT2D eigenvalue weighted by atomic mass is 15.2. The quantitative estimate of drug-likeness (QED) is 0.152. The van der Waals surface area contributed by atoms with Gasteiger partial charge in [-0.15, -0.1) is 0 Å². The van der Waals surface area contributed by atoms with Gasteiger partial charge in [0.2, 0.25) is 5.95 Å². The van der Waals surface area contributed by atoms with Gasteiger partial charge in [0.1, 0.15) is 0 Å². The second-order valence-electron chi connectivity index (χ2n) is 19.2. The van der Waals surface area contributed by atoms with Crippen molar-refractivity contribution < 1.29 is 0 Å². The van der Waals surface area contributed by atoms with E-state index >= 15 is 0 Å². The largest absolute Gasteiger partial charge is 0.309 e. The number of hydrogen-bond acceptors (Lipinski definition) is 3. The van der Waals surface area contributed by atoms with Crippen LogP contribution < -0.4 is 0 Å². The normalized spacial score (nSPS) is 11.7. The summed E-state index contributed by atoms with van der Waals surface area (Å²) in [5.41, 5.74) is 17.5. The molecule has 0 spiro atoms. The van der Waals surface area contributed by atoms with Gasteiger partial charge in [0.05, 0.1) is 33.1 Å². The molecule has 0 aliphatic heterocycles. The van der Waals surface area contributed by atoms with E-state index in [1.54, 1.807) is 0 Å². The minimum atomic E-state index is 0.541. The molecule has 11 aromatic carbocycles. The maximum Gasteiger partial charge on any atom is 0.238 e. The fourth-order valence-corrected chi connectivity index (χ4v) is 11.4. The van der Waals surface area contributed by atoms with Crippen molar-refractivity contribution in [3.05, 3.63) is 267 Å². The predicted octanol–water partition coefficient (Wildman–Crippen LogP) is 17.5. The van der Waals surface area contributed by atoms with Crippen molar-refractivity contribution in [2.75, 3.05) is 0 Å². The molecular weight excluding hydrogens is 913 g/mol. The van der Waals surface area contributed by atoms with E-state index in [0.29, 0.717) is 17.6 Å². The number of aromatic nitrogens is 6. The summed E-state index contributed by atoms with van der Waals surface area (Å²) in [7, 11) is 0. The van der Waals surface area contributed by atoms with Gasteiger partial charge in [-0.25, -0.2) is 4.98 Å². The van der Waals surface area contributed by atoms with E-state index in [4.69, 9.17) is 15.0 Å². The molecular formula is C69H44N6. The van der Waals surface area contributed by atoms with Gasteiger partial charge >= 0.3 is 0 Å². The number of hydrogen-bond donors (Lipinski definition) is 0. The molecule has 0 amide bonds. The summed E-state index contributed by atoms with van der Waals surface area (Å²) >= 11 is 0. The highest BCUT2D eigenvalue weighted by Gasteiger charge is 2.25. The Hall–Kier alpha value is -10.2. The number of benzene rings is 11. The lowest BCUT2D eigenvalue weighted by atomic mass is 9.98. The first-order valence-electron chi connectivity index (χ1n) is 25.4. The number of rotatable bonds is 8. The van der Waals surface area contributed by atoms with Crippen LogP contribution in [-0.2, 0) is 0 Å². The smallest absolute Gasteiger partial charge is 0.238 e. The lowest BCUT2D eigenvalue weighted by molar-refractivity contribution is 0.953. The number of nitrogens with zero attached hydrogens (tertiary/aromatic N) is 6. The number of para-hydroxylation sites is 3. The predicted molar refractivity (Wildman–Crippen MR) is 310 cm³/mol. The first kappa shape index (κ1) is 42.5. The second kappa shape index (κ2) is 17.3. The molecule has 0 atom stereocenters. The van der Waals surface area contributed by atoms with E-state index in [0.717, 1.165) is 82.8 Å². The van der Waals surface area contributed by atoms with Crippen molar-refractivity contribution in [3.63, 3.8) is 0 Å². The first-order valence-corrected chi connectivity index (χ1v) is 25.4. The van der Waals surface area contributed by atoms with Gasteiger partial charge in [0, 0.05) is 54.8 Å². The molecule has 0 bridgehead atoms. The van der Waals surface area contributed by atoms with E-state index in [-0.39, 0.29) is 0 Å². The first-order chi connectivity index (χ1) is 37.2. The zero-order chi connectivity index (χ0) is 49.4. The van der Waals surface area contributed by atoms with Crippen LogP contribution in [0, 0.1) is 0 Å². The van der Waals surface area contributed by atoms with Crippen LogP contribution in [0.15, 0.2) is 267 Å². The van der Waals surface area contributed by atoms with Crippen LogP contribution in [-0.4, -0.2) is 28.7 Å². The summed E-state index contributed by atoms with van der Waals surface area (Å²) in [6, 6.07) is 95.3. The van der Waals surface area contributed by atoms with Crippen LogP contribution in [0.4, 0.5) is 0 Å². The summed E-state index contributed by atoms with van der Waals surface area (Å²) in [6.45, 7) is 0. The van der Waals surface area contributed by atoms with Crippen LogP contribution in [0.3, 0.4) is 0 Å². The van der Waals surface area contributed by atoms with Gasteiger partial charge in [-0.3, -0.25) is 4.57 Å². The summed E-state index contributed by atoms with van der Waals surface area (Å²) in [5.74, 6) is 1.73. The van der Waals surface area contributed by atoms with E-state index in [1.165, 1.54) is 38.5 Å². The molecule has 0 unspecified atom stereocenters. The van der Waals surface area contributed by atoms with Crippen LogP contribution in [0.1, 0.15) is 0 Å². The highest BCUT2D eigenvalue weighted by Crippen LogP contribution is 2.43. The van der Waals surface area contributed by atoms with Gasteiger partial charge in [-0.05, 0) is 88.0 Å². The van der Waals surface area contributed by atoms with Crippen LogP contribution in [0.5, 0.6) is 0 Å². The van der Waals surface area contributed by atoms with Crippen molar-refractivity contribution in [2.45, 2.75) is 0 Å². The fraction of sp³-hybridized carbons (Fsp3) is 0. The Bertz CT molecular complexity index is 4610. The lowest BCUT2D eigenvalue weighted by Gasteiger charge is -2.14. The average molecular weight is 957 g/mol. The van der Waals surface area contributed by atoms with Gasteiger partial charge in [0.15, 0.2) is 11.6 Å². The van der Waals surface area contributed by atoms with Gasteiger partial charge < -0.3 is 9.13 Å². The van der Waals surface area contributed by atoms with Crippen LogP contribution in [0.25, 0.3) is 139 Å². The minimum absolute atomic E-state index is 0.541. The Balaban J connectivity index is 0.981. The SMILES string of the molecule is c1ccc(-c2ccc(-n3c4ccc(-n5c6ccccc6c6ccccc65)cc4c4ccc5c6ccccc6n(-c6nc(-c7ccccc7)nc(-c7ccc(-c8cccc(-c9ccccc9)c8)cc7)n6)c5c43)cc2)cc1. The molecule has 6 heteroatoms. The topological polar surface area (TPSA) is 53.5 Å². The standard InChI is InChI=1S/C69H44N6/c1-4-17-45(18-5-1)47-35-37-53(38-36-47)74-64-42-39-54(73-61-28-13-10-25-55(61)56-26-11-14-29-62(56)73)44-60(64)59-41-40-58-57-27-12-15-30-63(57)75(66(58)65(59)74)69-71-67(49-21-8-3-9-22-49)70-68(72-69)50-33-31-48(32-34-50)52-24-16-23-51(43-52)46-19-6-2-7-20-46/h1-44H. The average Bonchev–Trinajstić information content (AvgIpc) is 4.15. The minimum Gasteiger partial charge on any atom is -0.309 e. The van der Waals surface area contributed by atoms with E-state index in [1.807, 2.05) is 18.2 Å². The molecule has 0 aliphatic rings. The Kier molecular flexibility index (Phi) is 9.78. The lowest BCUT2D eigenvalue weighted by Crippen LogP contribution is -2.07. The zero-order valence-electron chi connectivity index (χ0n) is 40.6. The molecule has 6 nitrogen and oxygen atoms in total. The van der Waals surface area contributed by atoms with Gasteiger partial charge in [0.25, 0.3) is 0 Å². The molecule has 350 valence electrons. The van der Waals surface area contributed by atoms with Gasteiger partial charge in [-0.1, -0.05) is 212 Å². The molecule has 4 heterocycles. The molecule has 15 rings (SSSR count). The monoisotopic (exact) mass is 956 g/mol. The number of fused-ring (bicyclic) bond motifs is 10. The Morgan fingerprint density at radius 1 is 0.213 bits per heavy atom. The summed E-state index contributed by atoms with van der Waals surface area (Å²) < 4.78 is 7.12. The summed E-state index contributed by atoms with van der Waals surface area (Å²) in [5, 5.41) is 6.96. The van der Waals surface area contributed by atoms with Crippen molar-refractivity contribution in [1.82, 2.24) is 28.7 Å². The highest BCUT2D eigenvalue weighted by molar-refractivity contribution is 6.24. The van der Waals surface area contributed by atoms with Crippen molar-refractivity contribution >= 4 is 65.4 Å². The fourth-order valence-electron chi connectivity index (χ4n) is 11.4. The molecule has 0 aliphatic carbocycles. The molecule has 15 aromatic rings. The molecule has 0 saturated carbocycles. The molecule has 4 aromatic heterocycles. The Labute approximate surface area is 432 Å². The Morgan fingerprint density at radius 2 is 0.600 bits per heavy atom. The maximum atomic E-state index is 5.47. The van der Waals surface area contributed by atoms with Crippen LogP contribution in [0.2, 0.25) is 0 Å². The third-order valence-electron chi connectivity index (χ3n) is 14.9. The van der Waals surface area contributed by atoms with Crippen molar-refractivity contribution in [2.24, 2.45) is 0 Å². The summed E-state index contributed by atoms with van der Waals surface area (Å²) in [6.07, 6.45) is 0. The Morgan fingerprint density at radius 3 is 1.20 bits per heavy atom. The van der Waals surface area contributed by atoms with Crippen LogP contribution >= 0.6 is 0 Å². The van der Waals surface area contributed by atoms with E-state index in [9.17, 15) is 0 Å².